The lowest BCUT2D eigenvalue weighted by Crippen LogP contribution is -2.48. The van der Waals surface area contributed by atoms with E-state index in [1.165, 1.54) is 4.90 Å². The summed E-state index contributed by atoms with van der Waals surface area (Å²) in [7, 11) is 0. The van der Waals surface area contributed by atoms with Crippen LogP contribution >= 0.6 is 0 Å². The second-order valence-corrected chi connectivity index (χ2v) is 5.11. The van der Waals surface area contributed by atoms with Gasteiger partial charge in [-0.05, 0) is 19.8 Å². The lowest BCUT2D eigenvalue weighted by Gasteiger charge is -2.28. The first kappa shape index (κ1) is 14.4. The summed E-state index contributed by atoms with van der Waals surface area (Å²) in [6.07, 6.45) is 7.13. The van der Waals surface area contributed by atoms with Gasteiger partial charge in [0.15, 0.2) is 0 Å². The quantitative estimate of drug-likeness (QED) is 0.761. The van der Waals surface area contributed by atoms with Crippen LogP contribution in [0.25, 0.3) is 0 Å². The fraction of sp³-hybridized carbons (Fsp3) is 0.615. The van der Waals surface area contributed by atoms with Crippen LogP contribution in [0.4, 0.5) is 4.79 Å². The Hall–Kier alpha value is -2.05. The van der Waals surface area contributed by atoms with Gasteiger partial charge in [0.1, 0.15) is 12.4 Å². The minimum absolute atomic E-state index is 0.0231. The lowest BCUT2D eigenvalue weighted by atomic mass is 10.2. The number of aromatic nitrogens is 2. The number of urea groups is 1. The molecule has 0 spiro atoms. The van der Waals surface area contributed by atoms with Gasteiger partial charge in [-0.1, -0.05) is 12.8 Å². The number of nitrogens with one attached hydrogen (secondary N) is 2. The van der Waals surface area contributed by atoms with Crippen LogP contribution in [0.1, 0.15) is 44.5 Å². The minimum Gasteiger partial charge on any atom is -0.480 e. The van der Waals surface area contributed by atoms with Gasteiger partial charge in [0, 0.05) is 18.4 Å². The Bertz CT molecular complexity index is 454. The highest BCUT2D eigenvalue weighted by molar-refractivity contribution is 5.80. The van der Waals surface area contributed by atoms with Crippen LogP contribution in [0.15, 0.2) is 12.4 Å². The van der Waals surface area contributed by atoms with Crippen molar-refractivity contribution in [3.8, 4) is 0 Å². The number of carbonyl (C=O) groups is 2. The van der Waals surface area contributed by atoms with Crippen molar-refractivity contribution in [3.05, 3.63) is 18.2 Å². The van der Waals surface area contributed by atoms with Crippen molar-refractivity contribution in [2.75, 3.05) is 6.54 Å². The molecule has 2 amide bonds. The Kier molecular flexibility index (Phi) is 4.60. The van der Waals surface area contributed by atoms with Gasteiger partial charge in [0.25, 0.3) is 0 Å². The van der Waals surface area contributed by atoms with E-state index >= 15 is 0 Å². The van der Waals surface area contributed by atoms with Gasteiger partial charge < -0.3 is 20.3 Å². The van der Waals surface area contributed by atoms with Gasteiger partial charge in [-0.15, -0.1) is 0 Å². The van der Waals surface area contributed by atoms with E-state index in [0.29, 0.717) is 5.82 Å². The fourth-order valence-electron chi connectivity index (χ4n) is 2.58. The summed E-state index contributed by atoms with van der Waals surface area (Å²) >= 11 is 0. The molecular weight excluding hydrogens is 260 g/mol. The molecule has 0 aromatic carbocycles. The van der Waals surface area contributed by atoms with E-state index in [9.17, 15) is 9.59 Å². The van der Waals surface area contributed by atoms with Gasteiger partial charge in [0.05, 0.1) is 6.04 Å². The summed E-state index contributed by atoms with van der Waals surface area (Å²) in [6, 6.07) is -0.603. The maximum absolute atomic E-state index is 12.3. The Balaban J connectivity index is 2.00. The molecule has 1 saturated carbocycles. The molecule has 0 radical (unpaired) electrons. The van der Waals surface area contributed by atoms with Crippen LogP contribution < -0.4 is 5.32 Å². The molecule has 1 unspecified atom stereocenters. The maximum Gasteiger partial charge on any atom is 0.323 e. The molecule has 1 aromatic heterocycles. The largest absolute Gasteiger partial charge is 0.480 e. The number of carbonyl (C=O) groups excluding carboxylic acids is 1. The molecule has 2 rings (SSSR count). The zero-order chi connectivity index (χ0) is 14.5. The van der Waals surface area contributed by atoms with Crippen molar-refractivity contribution < 1.29 is 14.7 Å². The second kappa shape index (κ2) is 6.40. The van der Waals surface area contributed by atoms with Gasteiger partial charge >= 0.3 is 12.0 Å². The predicted molar refractivity (Wildman–Crippen MR) is 72.1 cm³/mol. The van der Waals surface area contributed by atoms with Crippen LogP contribution in [0.2, 0.25) is 0 Å². The fourth-order valence-corrected chi connectivity index (χ4v) is 2.58. The number of H-pyrrole nitrogens is 1. The van der Waals surface area contributed by atoms with Crippen molar-refractivity contribution in [3.63, 3.8) is 0 Å². The topological polar surface area (TPSA) is 98.3 Å². The molecular formula is C13H20N4O3. The summed E-state index contributed by atoms with van der Waals surface area (Å²) in [5.41, 5.74) is 0. The number of carboxylic acid groups (broad SMARTS) is 1. The number of imidazole rings is 1. The molecule has 110 valence electrons. The molecule has 1 aromatic rings. The molecule has 7 heteroatoms. The number of aromatic amines is 1. The number of amides is 2. The van der Waals surface area contributed by atoms with Gasteiger partial charge in [-0.3, -0.25) is 4.79 Å². The third-order valence-electron chi connectivity index (χ3n) is 3.60. The van der Waals surface area contributed by atoms with Crippen molar-refractivity contribution in [2.24, 2.45) is 0 Å². The standard InChI is InChI=1S/C13H20N4O3/c1-9(12-14-6-7-15-12)16-13(20)17(8-11(18)19)10-4-2-3-5-10/h6-7,9-10H,2-5,8H2,1H3,(H,14,15)(H,16,20)(H,18,19). The number of carboxylic acids is 1. The lowest BCUT2D eigenvalue weighted by molar-refractivity contribution is -0.138. The van der Waals surface area contributed by atoms with E-state index in [1.807, 2.05) is 6.92 Å². The van der Waals surface area contributed by atoms with Crippen LogP contribution in [0, 0.1) is 0 Å². The highest BCUT2D eigenvalue weighted by Gasteiger charge is 2.29. The van der Waals surface area contributed by atoms with Gasteiger partial charge in [-0.2, -0.15) is 0 Å². The average Bonchev–Trinajstić information content (AvgIpc) is 3.08. The van der Waals surface area contributed by atoms with Crippen molar-refractivity contribution in [2.45, 2.75) is 44.7 Å². The monoisotopic (exact) mass is 280 g/mol. The van der Waals surface area contributed by atoms with E-state index in [-0.39, 0.29) is 24.7 Å². The smallest absolute Gasteiger partial charge is 0.323 e. The first-order chi connectivity index (χ1) is 9.58. The third kappa shape index (κ3) is 3.49. The summed E-state index contributed by atoms with van der Waals surface area (Å²) in [4.78, 5) is 31.7. The molecule has 1 heterocycles. The zero-order valence-electron chi connectivity index (χ0n) is 11.5. The van der Waals surface area contributed by atoms with Crippen molar-refractivity contribution >= 4 is 12.0 Å². The maximum atomic E-state index is 12.3. The first-order valence-corrected chi connectivity index (χ1v) is 6.86. The van der Waals surface area contributed by atoms with Crippen LogP contribution in [0.3, 0.4) is 0 Å². The molecule has 1 fully saturated rings. The Morgan fingerprint density at radius 1 is 1.55 bits per heavy atom. The van der Waals surface area contributed by atoms with Gasteiger partial charge in [0.2, 0.25) is 0 Å². The highest BCUT2D eigenvalue weighted by atomic mass is 16.4. The number of hydrogen-bond acceptors (Lipinski definition) is 3. The van der Waals surface area contributed by atoms with Gasteiger partial charge in [-0.25, -0.2) is 9.78 Å². The van der Waals surface area contributed by atoms with Crippen molar-refractivity contribution in [1.29, 1.82) is 0 Å². The van der Waals surface area contributed by atoms with E-state index in [4.69, 9.17) is 5.11 Å². The summed E-state index contributed by atoms with van der Waals surface area (Å²) in [6.45, 7) is 1.55. The van der Waals surface area contributed by atoms with E-state index in [1.54, 1.807) is 12.4 Å². The summed E-state index contributed by atoms with van der Waals surface area (Å²) < 4.78 is 0. The number of aliphatic carboxylic acids is 1. The van der Waals surface area contributed by atoms with Crippen molar-refractivity contribution in [1.82, 2.24) is 20.2 Å². The molecule has 1 aliphatic carbocycles. The Morgan fingerprint density at radius 3 is 2.80 bits per heavy atom. The Labute approximate surface area is 117 Å². The summed E-state index contributed by atoms with van der Waals surface area (Å²) in [5.74, 6) is -0.335. The van der Waals surface area contributed by atoms with E-state index in [0.717, 1.165) is 25.7 Å². The molecule has 3 N–H and O–H groups in total. The number of nitrogens with zero attached hydrogens (tertiary/aromatic N) is 2. The number of rotatable bonds is 5. The van der Waals surface area contributed by atoms with Crippen LogP contribution in [0.5, 0.6) is 0 Å². The molecule has 1 atom stereocenters. The third-order valence-corrected chi connectivity index (χ3v) is 3.60. The van der Waals surface area contributed by atoms with E-state index in [2.05, 4.69) is 15.3 Å². The SMILES string of the molecule is CC(NC(=O)N(CC(=O)O)C1CCCC1)c1ncc[nH]1. The Morgan fingerprint density at radius 2 is 2.25 bits per heavy atom. The molecule has 0 bridgehead atoms. The van der Waals surface area contributed by atoms with E-state index < -0.39 is 5.97 Å². The molecule has 7 nitrogen and oxygen atoms in total. The first-order valence-electron chi connectivity index (χ1n) is 6.86. The average molecular weight is 280 g/mol. The van der Waals surface area contributed by atoms with Crippen LogP contribution in [-0.4, -0.2) is 44.6 Å². The molecule has 0 aliphatic heterocycles. The molecule has 20 heavy (non-hydrogen) atoms. The molecule has 0 saturated heterocycles. The van der Waals surface area contributed by atoms with Crippen LogP contribution in [-0.2, 0) is 4.79 Å². The number of hydrogen-bond donors (Lipinski definition) is 3. The summed E-state index contributed by atoms with van der Waals surface area (Å²) in [5, 5.41) is 11.8. The minimum atomic E-state index is -0.988. The molecule has 1 aliphatic rings. The zero-order valence-corrected chi connectivity index (χ0v) is 11.5. The second-order valence-electron chi connectivity index (χ2n) is 5.11. The highest BCUT2D eigenvalue weighted by Crippen LogP contribution is 2.23. The normalized spacial score (nSPS) is 16.9. The predicted octanol–water partition coefficient (Wildman–Crippen LogP) is 1.51.